The molecule has 0 spiro atoms. The second-order valence-electron chi connectivity index (χ2n) is 8.53. The molecule has 1 heterocycles. The molecule has 180 valence electrons. The predicted molar refractivity (Wildman–Crippen MR) is 132 cm³/mol. The maximum Gasteiger partial charge on any atom is 0.249 e. The van der Waals surface area contributed by atoms with Crippen LogP contribution in [0, 0.1) is 5.82 Å². The first-order valence-electron chi connectivity index (χ1n) is 10.4. The van der Waals surface area contributed by atoms with Crippen LogP contribution in [0.3, 0.4) is 0 Å². The Morgan fingerprint density at radius 1 is 1.29 bits per heavy atom. The van der Waals surface area contributed by atoms with Crippen molar-refractivity contribution in [1.82, 2.24) is 14.9 Å². The molecular weight excluding hydrogens is 461 g/mol. The number of primary amides is 1. The van der Waals surface area contributed by atoms with Gasteiger partial charge in [-0.25, -0.2) is 14.4 Å². The van der Waals surface area contributed by atoms with E-state index in [2.05, 4.69) is 15.3 Å². The smallest absolute Gasteiger partial charge is 0.249 e. The van der Waals surface area contributed by atoms with Gasteiger partial charge in [0, 0.05) is 40.4 Å². The quantitative estimate of drug-likeness (QED) is 0.414. The lowest BCUT2D eigenvalue weighted by Gasteiger charge is -2.23. The van der Waals surface area contributed by atoms with Gasteiger partial charge >= 0.3 is 0 Å². The van der Waals surface area contributed by atoms with Gasteiger partial charge in [-0.1, -0.05) is 17.7 Å². The number of carbonyl (C=O) groups is 1. The Bertz CT molecular complexity index is 1270. The second kappa shape index (κ2) is 9.92. The molecular formula is C24H27ClFN5O3. The Labute approximate surface area is 202 Å². The monoisotopic (exact) mass is 487 g/mol. The molecule has 0 bridgehead atoms. The van der Waals surface area contributed by atoms with Crippen molar-refractivity contribution in [2.75, 3.05) is 33.1 Å². The minimum atomic E-state index is -1.36. The average Bonchev–Trinajstić information content (AvgIpc) is 2.74. The van der Waals surface area contributed by atoms with Crippen LogP contribution in [0.2, 0.25) is 5.02 Å². The first-order valence-corrected chi connectivity index (χ1v) is 10.8. The second-order valence-corrected chi connectivity index (χ2v) is 8.94. The molecule has 2 aromatic carbocycles. The third-order valence-corrected chi connectivity index (χ3v) is 5.44. The fourth-order valence-corrected chi connectivity index (χ4v) is 3.63. The molecule has 1 aromatic heterocycles. The van der Waals surface area contributed by atoms with Crippen LogP contribution in [0.15, 0.2) is 36.7 Å². The number of carbonyl (C=O) groups excluding carboxylic acids is 1. The largest absolute Gasteiger partial charge is 0.496 e. The Hall–Kier alpha value is -3.27. The molecule has 3 rings (SSSR count). The maximum absolute atomic E-state index is 14.1. The van der Waals surface area contributed by atoms with Crippen LogP contribution in [-0.2, 0) is 10.4 Å². The van der Waals surface area contributed by atoms with Crippen molar-refractivity contribution in [3.05, 3.63) is 58.6 Å². The number of aliphatic hydroxyl groups is 1. The van der Waals surface area contributed by atoms with E-state index in [-0.39, 0.29) is 10.6 Å². The molecule has 0 saturated heterocycles. The Morgan fingerprint density at radius 3 is 2.59 bits per heavy atom. The zero-order chi connectivity index (χ0) is 25.2. The van der Waals surface area contributed by atoms with Crippen LogP contribution in [0.1, 0.15) is 25.0 Å². The van der Waals surface area contributed by atoms with Crippen molar-refractivity contribution in [3.8, 4) is 5.75 Å². The molecule has 0 unspecified atom stereocenters. The molecule has 0 aliphatic carbocycles. The van der Waals surface area contributed by atoms with Gasteiger partial charge in [0.1, 0.15) is 23.7 Å². The number of nitrogens with two attached hydrogens (primary N) is 1. The van der Waals surface area contributed by atoms with Gasteiger partial charge in [-0.3, -0.25) is 4.79 Å². The zero-order valence-corrected chi connectivity index (χ0v) is 20.4. The summed E-state index contributed by atoms with van der Waals surface area (Å²) in [6.07, 6.45) is 3.07. The van der Waals surface area contributed by atoms with E-state index < -0.39 is 17.3 Å². The Balaban J connectivity index is 2.22. The van der Waals surface area contributed by atoms with E-state index >= 15 is 0 Å². The van der Waals surface area contributed by atoms with Gasteiger partial charge in [-0.2, -0.15) is 0 Å². The number of likely N-dealkylation sites (N-methyl/N-ethyl adjacent to an activating group) is 1. The van der Waals surface area contributed by atoms with Gasteiger partial charge in [-0.05, 0) is 46.1 Å². The fourth-order valence-electron chi connectivity index (χ4n) is 3.46. The lowest BCUT2D eigenvalue weighted by Crippen LogP contribution is -2.18. The van der Waals surface area contributed by atoms with Crippen LogP contribution in [0.25, 0.3) is 16.5 Å². The van der Waals surface area contributed by atoms with Gasteiger partial charge in [-0.15, -0.1) is 0 Å². The topological polar surface area (TPSA) is 114 Å². The lowest BCUT2D eigenvalue weighted by atomic mass is 9.96. The van der Waals surface area contributed by atoms with Crippen molar-refractivity contribution < 1.29 is 19.0 Å². The molecule has 0 aliphatic heterocycles. The van der Waals surface area contributed by atoms with Gasteiger partial charge in [0.05, 0.1) is 23.3 Å². The number of hydrogen-bond donors (Lipinski definition) is 3. The van der Waals surface area contributed by atoms with E-state index in [1.165, 1.54) is 39.4 Å². The highest BCUT2D eigenvalue weighted by atomic mass is 35.5. The molecule has 4 N–H and O–H groups in total. The number of methoxy groups -OCH3 is 1. The number of benzene rings is 2. The lowest BCUT2D eigenvalue weighted by molar-refractivity contribution is -0.112. The highest BCUT2D eigenvalue weighted by Gasteiger charge is 2.24. The maximum atomic E-state index is 14.1. The van der Waals surface area contributed by atoms with Crippen molar-refractivity contribution in [2.45, 2.75) is 19.4 Å². The summed E-state index contributed by atoms with van der Waals surface area (Å²) in [6.45, 7) is 3.56. The first kappa shape index (κ1) is 25.4. The van der Waals surface area contributed by atoms with Crippen molar-refractivity contribution in [1.29, 1.82) is 0 Å². The molecule has 8 nitrogen and oxygen atoms in total. The van der Waals surface area contributed by atoms with Crippen LogP contribution >= 0.6 is 11.6 Å². The number of aromatic nitrogens is 2. The van der Waals surface area contributed by atoms with Crippen molar-refractivity contribution in [3.63, 3.8) is 0 Å². The Morgan fingerprint density at radius 2 is 2.00 bits per heavy atom. The summed E-state index contributed by atoms with van der Waals surface area (Å²) in [5.74, 6) is -0.483. The summed E-state index contributed by atoms with van der Waals surface area (Å²) in [6, 6.07) is 5.95. The molecule has 0 fully saturated rings. The van der Waals surface area contributed by atoms with E-state index in [1.807, 2.05) is 19.0 Å². The highest BCUT2D eigenvalue weighted by molar-refractivity contribution is 6.31. The summed E-state index contributed by atoms with van der Waals surface area (Å²) in [5, 5.41) is 14.1. The third kappa shape index (κ3) is 5.44. The predicted octanol–water partition coefficient (Wildman–Crippen LogP) is 3.83. The van der Waals surface area contributed by atoms with E-state index in [1.54, 1.807) is 18.2 Å². The summed E-state index contributed by atoms with van der Waals surface area (Å²) in [7, 11) is 5.24. The number of anilines is 2. The summed E-state index contributed by atoms with van der Waals surface area (Å²) in [4.78, 5) is 22.8. The van der Waals surface area contributed by atoms with Gasteiger partial charge in [0.25, 0.3) is 0 Å². The number of ether oxygens (including phenoxy) is 1. The molecule has 1 amide bonds. The molecule has 34 heavy (non-hydrogen) atoms. The molecule has 10 heteroatoms. The highest BCUT2D eigenvalue weighted by Crippen LogP contribution is 2.37. The van der Waals surface area contributed by atoms with E-state index in [0.717, 1.165) is 0 Å². The minimum absolute atomic E-state index is 0.112. The molecule has 0 radical (unpaired) electrons. The minimum Gasteiger partial charge on any atom is -0.496 e. The zero-order valence-electron chi connectivity index (χ0n) is 19.6. The third-order valence-electron chi connectivity index (χ3n) is 5.15. The molecule has 3 aromatic rings. The van der Waals surface area contributed by atoms with Crippen LogP contribution in [0.4, 0.5) is 15.9 Å². The van der Waals surface area contributed by atoms with Gasteiger partial charge < -0.3 is 25.8 Å². The summed E-state index contributed by atoms with van der Waals surface area (Å²) >= 11 is 6.01. The molecule has 0 saturated carbocycles. The number of fused-ring (bicyclic) bond motifs is 1. The number of nitrogens with one attached hydrogen (secondary N) is 1. The number of hydrogen-bond acceptors (Lipinski definition) is 7. The molecule has 0 aliphatic rings. The summed E-state index contributed by atoms with van der Waals surface area (Å²) < 4.78 is 19.7. The number of nitrogens with zero attached hydrogens (tertiary/aromatic N) is 3. The van der Waals surface area contributed by atoms with Crippen molar-refractivity contribution >= 4 is 45.5 Å². The summed E-state index contributed by atoms with van der Waals surface area (Å²) in [5.41, 5.74) is 6.27. The van der Waals surface area contributed by atoms with Gasteiger partial charge in [0.2, 0.25) is 5.91 Å². The first-order chi connectivity index (χ1) is 15.9. The SMILES string of the molecule is COc1cc2ncnc(Nc3cc(Cl)c(F)cc3C(C)(C)O)c2cc1C(=CCN(C)C)C(N)=O. The molecule has 0 atom stereocenters. The Kier molecular flexibility index (Phi) is 7.40. The van der Waals surface area contributed by atoms with E-state index in [9.17, 15) is 14.3 Å². The van der Waals surface area contributed by atoms with E-state index in [0.29, 0.717) is 45.8 Å². The van der Waals surface area contributed by atoms with Crippen LogP contribution < -0.4 is 15.8 Å². The average molecular weight is 488 g/mol. The van der Waals surface area contributed by atoms with Crippen LogP contribution in [0.5, 0.6) is 5.75 Å². The van der Waals surface area contributed by atoms with Gasteiger partial charge in [0.15, 0.2) is 0 Å². The number of rotatable bonds is 8. The number of amides is 1. The fraction of sp³-hybridized carbons (Fsp3) is 0.292. The van der Waals surface area contributed by atoms with Crippen molar-refractivity contribution in [2.24, 2.45) is 5.73 Å². The normalized spacial score (nSPS) is 12.3. The van der Waals surface area contributed by atoms with Crippen LogP contribution in [-0.4, -0.2) is 53.6 Å². The standard InChI is InChI=1S/C24H27ClFN5O3/c1-24(2,33)16-9-18(26)17(25)10-20(16)30-23-15-8-14(13(22(27)32)6-7-31(3)4)21(34-5)11-19(15)28-12-29-23/h6,8-12,33H,7H2,1-5H3,(H2,27,32)(H,28,29,30). The van der Waals surface area contributed by atoms with E-state index in [4.69, 9.17) is 22.1 Å². The number of halogens is 2.